The van der Waals surface area contributed by atoms with Crippen molar-refractivity contribution in [1.82, 2.24) is 0 Å². The number of benzene rings is 1. The van der Waals surface area contributed by atoms with Gasteiger partial charge in [0.05, 0.1) is 7.11 Å². The summed E-state index contributed by atoms with van der Waals surface area (Å²) < 4.78 is 5.33. The van der Waals surface area contributed by atoms with Gasteiger partial charge in [-0.2, -0.15) is 18.2 Å². The second-order valence-electron chi connectivity index (χ2n) is 1.93. The number of methoxy groups -OCH3 is 1. The first-order valence-corrected chi connectivity index (χ1v) is 3.78. The second-order valence-corrected chi connectivity index (χ2v) is 2.85. The van der Waals surface area contributed by atoms with Crippen LogP contribution in [0.15, 0.2) is 22.7 Å². The van der Waals surface area contributed by atoms with Crippen molar-refractivity contribution in [3.8, 4) is 0 Å². The monoisotopic (exact) mass is 302 g/mol. The molecule has 0 fully saturated rings. The number of hydrogen-bond donors (Lipinski definition) is 0. The van der Waals surface area contributed by atoms with Crippen LogP contribution in [0.5, 0.6) is 0 Å². The van der Waals surface area contributed by atoms with Gasteiger partial charge >= 0.3 is 0 Å². The van der Waals surface area contributed by atoms with Gasteiger partial charge < -0.3 is 4.74 Å². The molecule has 0 aliphatic carbocycles. The Balaban J connectivity index is 0.00000121. The Morgan fingerprint density at radius 1 is 1.58 bits per heavy atom. The van der Waals surface area contributed by atoms with Crippen LogP contribution in [0.2, 0.25) is 0 Å². The van der Waals surface area contributed by atoms with Gasteiger partial charge in [0.2, 0.25) is 0 Å². The molecule has 1 aromatic carbocycles. The van der Waals surface area contributed by atoms with Crippen LogP contribution in [-0.2, 0) is 37.4 Å². The zero-order valence-electron chi connectivity index (χ0n) is 6.50. The van der Waals surface area contributed by atoms with Crippen molar-refractivity contribution in [3.05, 3.63) is 34.3 Å². The van der Waals surface area contributed by atoms with Crippen molar-refractivity contribution >= 4 is 21.9 Å². The molecule has 0 saturated heterocycles. The van der Waals surface area contributed by atoms with Crippen LogP contribution in [0.1, 0.15) is 10.4 Å². The third kappa shape index (κ3) is 3.34. The van der Waals surface area contributed by atoms with Gasteiger partial charge in [-0.05, 0) is 5.56 Å². The number of hydrogen-bond acceptors (Lipinski definition) is 2. The molecule has 0 heterocycles. The molecule has 4 heteroatoms. The standard InChI is InChI=1S/C8H6BrO2.Y/c1-11-8(10)6-3-2-4-7(9)5-6;/h3-5H,1H3;/q-1;. The van der Waals surface area contributed by atoms with Crippen LogP contribution in [0.25, 0.3) is 0 Å². The summed E-state index contributed by atoms with van der Waals surface area (Å²) >= 11 is 3.22. The zero-order chi connectivity index (χ0) is 8.27. The molecule has 0 atom stereocenters. The molecule has 0 aliphatic heterocycles. The van der Waals surface area contributed by atoms with E-state index in [2.05, 4.69) is 26.7 Å². The molecule has 61 valence electrons. The molecule has 0 spiro atoms. The van der Waals surface area contributed by atoms with Gasteiger partial charge in [-0.25, -0.2) is 0 Å². The maximum Gasteiger partial charge on any atom is 0.280 e. The van der Waals surface area contributed by atoms with Crippen molar-refractivity contribution in [3.63, 3.8) is 0 Å². The van der Waals surface area contributed by atoms with E-state index < -0.39 is 0 Å². The van der Waals surface area contributed by atoms with Gasteiger partial charge in [0.1, 0.15) is 0 Å². The van der Waals surface area contributed by atoms with Crippen LogP contribution >= 0.6 is 15.9 Å². The second kappa shape index (κ2) is 5.84. The van der Waals surface area contributed by atoms with E-state index >= 15 is 0 Å². The fourth-order valence-electron chi connectivity index (χ4n) is 0.679. The smallest absolute Gasteiger partial charge is 0.280 e. The maximum atomic E-state index is 10.9. The first-order chi connectivity index (χ1) is 5.24. The molecule has 1 aromatic rings. The van der Waals surface area contributed by atoms with E-state index in [9.17, 15) is 4.79 Å². The SMILES string of the molecule is COC(=O)c1c[c-]cc(Br)c1.[Y]. The van der Waals surface area contributed by atoms with Gasteiger partial charge in [-0.15, -0.1) is 22.0 Å². The van der Waals surface area contributed by atoms with Gasteiger partial charge in [-0.3, -0.25) is 4.79 Å². The molecular weight excluding hydrogens is 297 g/mol. The third-order valence-electron chi connectivity index (χ3n) is 1.17. The molecule has 2 nitrogen and oxygen atoms in total. The van der Waals surface area contributed by atoms with Crippen molar-refractivity contribution in [2.75, 3.05) is 7.11 Å². The van der Waals surface area contributed by atoms with Gasteiger partial charge in [0, 0.05) is 32.7 Å². The molecular formula is C8H6BrO2Y-. The van der Waals surface area contributed by atoms with E-state index in [-0.39, 0.29) is 38.7 Å². The zero-order valence-corrected chi connectivity index (χ0v) is 10.9. The topological polar surface area (TPSA) is 26.3 Å². The van der Waals surface area contributed by atoms with Crippen molar-refractivity contribution < 1.29 is 42.2 Å². The summed E-state index contributed by atoms with van der Waals surface area (Å²) in [6, 6.07) is 7.79. The average Bonchev–Trinajstić information content (AvgIpc) is 2.03. The predicted molar refractivity (Wildman–Crippen MR) is 44.3 cm³/mol. The summed E-state index contributed by atoms with van der Waals surface area (Å²) in [5, 5.41) is 0. The van der Waals surface area contributed by atoms with Crippen LogP contribution < -0.4 is 0 Å². The van der Waals surface area contributed by atoms with E-state index in [0.29, 0.717) is 5.56 Å². The maximum absolute atomic E-state index is 10.9. The Morgan fingerprint density at radius 3 is 2.75 bits per heavy atom. The first kappa shape index (κ1) is 12.3. The van der Waals surface area contributed by atoms with E-state index in [1.807, 2.05) is 0 Å². The Hall–Kier alpha value is 0.274. The molecule has 0 aliphatic rings. The van der Waals surface area contributed by atoms with Crippen LogP contribution in [0, 0.1) is 6.07 Å². The Kier molecular flexibility index (Phi) is 5.97. The molecule has 0 unspecified atom stereocenters. The summed E-state index contributed by atoms with van der Waals surface area (Å²) in [7, 11) is 1.35. The molecule has 0 N–H and O–H groups in total. The molecule has 0 amide bonds. The normalized spacial score (nSPS) is 8.50. The summed E-state index contributed by atoms with van der Waals surface area (Å²) in [6.45, 7) is 0. The minimum Gasteiger partial charge on any atom is -0.475 e. The van der Waals surface area contributed by atoms with E-state index in [4.69, 9.17) is 0 Å². The van der Waals surface area contributed by atoms with Crippen LogP contribution in [0.3, 0.4) is 0 Å². The molecule has 1 radical (unpaired) electrons. The van der Waals surface area contributed by atoms with Crippen molar-refractivity contribution in [1.29, 1.82) is 0 Å². The van der Waals surface area contributed by atoms with E-state index in [1.165, 1.54) is 7.11 Å². The molecule has 12 heavy (non-hydrogen) atoms. The number of carbonyl (C=O) groups excluding carboxylic acids is 1. The summed E-state index contributed by atoms with van der Waals surface area (Å²) in [5.74, 6) is -0.345. The minimum absolute atomic E-state index is 0. The fraction of sp³-hybridized carbons (Fsp3) is 0.125. The van der Waals surface area contributed by atoms with Crippen molar-refractivity contribution in [2.45, 2.75) is 0 Å². The average molecular weight is 303 g/mol. The number of carbonyl (C=O) groups is 1. The van der Waals surface area contributed by atoms with Crippen molar-refractivity contribution in [2.24, 2.45) is 0 Å². The van der Waals surface area contributed by atoms with Crippen LogP contribution in [0.4, 0.5) is 0 Å². The number of halogens is 1. The van der Waals surface area contributed by atoms with Gasteiger partial charge in [0.25, 0.3) is 5.97 Å². The number of rotatable bonds is 1. The molecule has 0 bridgehead atoms. The fourth-order valence-corrected chi connectivity index (χ4v) is 1.06. The Labute approximate surface area is 105 Å². The Bertz CT molecular complexity index is 276. The summed E-state index contributed by atoms with van der Waals surface area (Å²) in [5.41, 5.74) is 0.502. The number of ether oxygens (including phenoxy) is 1. The predicted octanol–water partition coefficient (Wildman–Crippen LogP) is 2.03. The minimum atomic E-state index is -0.345. The van der Waals surface area contributed by atoms with Gasteiger partial charge in [-0.1, -0.05) is 4.47 Å². The first-order valence-electron chi connectivity index (χ1n) is 2.99. The molecule has 0 saturated carbocycles. The van der Waals surface area contributed by atoms with E-state index in [1.54, 1.807) is 18.2 Å². The third-order valence-corrected chi connectivity index (χ3v) is 1.63. The van der Waals surface area contributed by atoms with E-state index in [0.717, 1.165) is 4.47 Å². The molecule has 1 rings (SSSR count). The largest absolute Gasteiger partial charge is 0.475 e. The molecule has 0 aromatic heterocycles. The van der Waals surface area contributed by atoms with Gasteiger partial charge in [0.15, 0.2) is 0 Å². The summed E-state index contributed by atoms with van der Waals surface area (Å²) in [6.07, 6.45) is 0. The Morgan fingerprint density at radius 2 is 2.25 bits per heavy atom. The quantitative estimate of drug-likeness (QED) is 0.586. The summed E-state index contributed by atoms with van der Waals surface area (Å²) in [4.78, 5) is 10.9. The number of esters is 1. The van der Waals surface area contributed by atoms with Crippen LogP contribution in [-0.4, -0.2) is 13.1 Å².